The summed E-state index contributed by atoms with van der Waals surface area (Å²) >= 11 is 0. The van der Waals surface area contributed by atoms with Crippen LogP contribution in [0.15, 0.2) is 73.3 Å². The molecule has 2 aromatic heterocycles. The van der Waals surface area contributed by atoms with Crippen LogP contribution < -0.4 is 0 Å². The van der Waals surface area contributed by atoms with Gasteiger partial charge in [0.25, 0.3) is 0 Å². The Bertz CT molecular complexity index is 962. The Kier molecular flexibility index (Phi) is 5.27. The van der Waals surface area contributed by atoms with E-state index < -0.39 is 5.79 Å². The number of hydrogen-bond acceptors (Lipinski definition) is 4. The zero-order chi connectivity index (χ0) is 18.1. The van der Waals surface area contributed by atoms with E-state index in [4.69, 9.17) is 9.47 Å². The third-order valence-electron chi connectivity index (χ3n) is 4.47. The van der Waals surface area contributed by atoms with Gasteiger partial charge in [-0.15, -0.1) is 24.3 Å². The van der Waals surface area contributed by atoms with Crippen LogP contribution in [0.3, 0.4) is 0 Å². The molecule has 142 valence electrons. The van der Waals surface area contributed by atoms with Crippen molar-refractivity contribution in [1.82, 2.24) is 19.6 Å². The fraction of sp³-hybridized carbons (Fsp3) is 0.143. The van der Waals surface area contributed by atoms with Gasteiger partial charge in [-0.2, -0.15) is 34.5 Å². The first-order chi connectivity index (χ1) is 13.4. The van der Waals surface area contributed by atoms with Gasteiger partial charge in [0.1, 0.15) is 0 Å². The Morgan fingerprint density at radius 1 is 0.750 bits per heavy atom. The minimum absolute atomic E-state index is 0. The summed E-state index contributed by atoms with van der Waals surface area (Å²) in [5.41, 5.74) is 3.20. The van der Waals surface area contributed by atoms with Crippen molar-refractivity contribution in [1.29, 1.82) is 0 Å². The average molecular weight is 551 g/mol. The first kappa shape index (κ1) is 18.8. The summed E-state index contributed by atoms with van der Waals surface area (Å²) in [6.45, 7) is 0.999. The first-order valence-electron chi connectivity index (χ1n) is 8.69. The number of rotatable bonds is 4. The van der Waals surface area contributed by atoms with Crippen molar-refractivity contribution in [3.05, 3.63) is 96.6 Å². The summed E-state index contributed by atoms with van der Waals surface area (Å²) in [5.74, 6) is -1.05. The number of benzene rings is 2. The van der Waals surface area contributed by atoms with Gasteiger partial charge in [0, 0.05) is 24.8 Å². The largest absolute Gasteiger partial charge is 2.00 e. The van der Waals surface area contributed by atoms with Gasteiger partial charge in [0.2, 0.25) is 0 Å². The second kappa shape index (κ2) is 7.84. The maximum absolute atomic E-state index is 6.11. The fourth-order valence-electron chi connectivity index (χ4n) is 3.26. The number of ether oxygens (including phenoxy) is 2. The summed E-state index contributed by atoms with van der Waals surface area (Å²) < 4.78 is 15.7. The Morgan fingerprint density at radius 2 is 1.25 bits per heavy atom. The van der Waals surface area contributed by atoms with Crippen LogP contribution >= 0.6 is 0 Å². The predicted octanol–water partition coefficient (Wildman–Crippen LogP) is 2.90. The molecule has 0 bridgehead atoms. The average Bonchev–Trinajstić information content (AvgIpc) is 3.51. The molecule has 3 heterocycles. The summed E-state index contributed by atoms with van der Waals surface area (Å²) in [5, 5.41) is 8.56. The van der Waals surface area contributed by atoms with Gasteiger partial charge in [-0.1, -0.05) is 11.1 Å². The van der Waals surface area contributed by atoms with E-state index in [1.165, 1.54) is 0 Å². The third-order valence-corrected chi connectivity index (χ3v) is 4.47. The van der Waals surface area contributed by atoms with Gasteiger partial charge in [0.05, 0.1) is 13.2 Å². The minimum atomic E-state index is -1.05. The van der Waals surface area contributed by atoms with Crippen LogP contribution in [0.4, 0.5) is 0 Å². The fourth-order valence-corrected chi connectivity index (χ4v) is 3.26. The molecular weight excluding hydrogens is 535 g/mol. The Labute approximate surface area is 177 Å². The van der Waals surface area contributed by atoms with Crippen molar-refractivity contribution in [2.45, 2.75) is 5.79 Å². The van der Waals surface area contributed by atoms with E-state index in [1.807, 2.05) is 60.9 Å². The number of hydrogen-bond donors (Lipinski definition) is 0. The summed E-state index contributed by atoms with van der Waals surface area (Å²) in [7, 11) is 0. The van der Waals surface area contributed by atoms with E-state index in [2.05, 4.69) is 22.3 Å². The topological polar surface area (TPSA) is 54.1 Å². The zero-order valence-corrected chi connectivity index (χ0v) is 17.0. The second-order valence-corrected chi connectivity index (χ2v) is 6.11. The molecule has 1 aliphatic rings. The van der Waals surface area contributed by atoms with E-state index in [0.29, 0.717) is 13.2 Å². The molecule has 28 heavy (non-hydrogen) atoms. The first-order valence-corrected chi connectivity index (χ1v) is 8.69. The smallest absolute Gasteiger partial charge is 0.343 e. The van der Waals surface area contributed by atoms with Crippen molar-refractivity contribution in [3.63, 3.8) is 0 Å². The molecule has 6 nitrogen and oxygen atoms in total. The molecule has 1 saturated heterocycles. The molecule has 5 rings (SSSR count). The van der Waals surface area contributed by atoms with Crippen LogP contribution in [0.2, 0.25) is 0 Å². The van der Waals surface area contributed by atoms with Crippen molar-refractivity contribution >= 4 is 0 Å². The molecular formula is C21H16N4O2Pt. The summed E-state index contributed by atoms with van der Waals surface area (Å²) in [6.07, 6.45) is 7.23. The quantitative estimate of drug-likeness (QED) is 0.367. The van der Waals surface area contributed by atoms with Crippen LogP contribution in [0.5, 0.6) is 0 Å². The molecule has 0 spiro atoms. The molecule has 0 radical (unpaired) electrons. The predicted molar refractivity (Wildman–Crippen MR) is 97.5 cm³/mol. The molecule has 0 unspecified atom stereocenters. The maximum Gasteiger partial charge on any atom is 2.00 e. The number of aromatic nitrogens is 4. The molecule has 1 aliphatic heterocycles. The molecule has 0 saturated carbocycles. The van der Waals surface area contributed by atoms with Crippen LogP contribution in [-0.4, -0.2) is 32.8 Å². The van der Waals surface area contributed by atoms with Gasteiger partial charge >= 0.3 is 21.1 Å². The van der Waals surface area contributed by atoms with Crippen molar-refractivity contribution in [3.8, 4) is 11.4 Å². The van der Waals surface area contributed by atoms with Gasteiger partial charge in [-0.25, -0.2) is 0 Å². The summed E-state index contributed by atoms with van der Waals surface area (Å²) in [6, 6.07) is 22.2. The SMILES string of the molecule is [Pt+2].[c-]1c(-n2cccn2)cccc1C1(c2[c-]c(-n3cccn3)ccc2)OCCO1. The van der Waals surface area contributed by atoms with Gasteiger partial charge in [-0.3, -0.25) is 9.36 Å². The molecule has 2 aromatic carbocycles. The van der Waals surface area contributed by atoms with Crippen molar-refractivity contribution in [2.24, 2.45) is 0 Å². The van der Waals surface area contributed by atoms with Gasteiger partial charge in [0.15, 0.2) is 5.79 Å². The van der Waals surface area contributed by atoms with E-state index >= 15 is 0 Å². The van der Waals surface area contributed by atoms with E-state index in [9.17, 15) is 0 Å². The molecule has 0 aliphatic carbocycles. The Balaban J connectivity index is 0.00000192. The Morgan fingerprint density at radius 3 is 1.68 bits per heavy atom. The van der Waals surface area contributed by atoms with Crippen LogP contribution in [0.25, 0.3) is 11.4 Å². The number of nitrogens with zero attached hydrogens (tertiary/aromatic N) is 4. The Hall–Kier alpha value is -2.53. The van der Waals surface area contributed by atoms with Crippen LogP contribution in [-0.2, 0) is 36.3 Å². The maximum atomic E-state index is 6.11. The van der Waals surface area contributed by atoms with Crippen molar-refractivity contribution in [2.75, 3.05) is 13.2 Å². The van der Waals surface area contributed by atoms with Crippen LogP contribution in [0.1, 0.15) is 11.1 Å². The standard InChI is InChI=1S/C21H16N4O2.Pt/c1-5-17(15-19(7-1)24-11-3-9-22-24)21(26-13-14-27-21)18-6-2-8-20(16-18)25-12-4-10-23-25;/h1-12H,13-14H2;/q-2;+2. The van der Waals surface area contributed by atoms with E-state index in [0.717, 1.165) is 22.5 Å². The third kappa shape index (κ3) is 3.24. The monoisotopic (exact) mass is 551 g/mol. The molecule has 7 heteroatoms. The molecule has 4 aromatic rings. The van der Waals surface area contributed by atoms with E-state index in [1.54, 1.807) is 21.8 Å². The summed E-state index contributed by atoms with van der Waals surface area (Å²) in [4.78, 5) is 0. The molecule has 0 atom stereocenters. The van der Waals surface area contributed by atoms with Gasteiger partial charge < -0.3 is 9.47 Å². The molecule has 0 N–H and O–H groups in total. The minimum Gasteiger partial charge on any atom is -0.343 e. The zero-order valence-electron chi connectivity index (χ0n) is 14.8. The van der Waals surface area contributed by atoms with E-state index in [-0.39, 0.29) is 21.1 Å². The molecule has 0 amide bonds. The van der Waals surface area contributed by atoms with Crippen LogP contribution in [0, 0.1) is 12.1 Å². The second-order valence-electron chi connectivity index (χ2n) is 6.11. The van der Waals surface area contributed by atoms with Gasteiger partial charge in [-0.05, 0) is 23.5 Å². The van der Waals surface area contributed by atoms with Crippen molar-refractivity contribution < 1.29 is 30.5 Å². The molecule has 1 fully saturated rings. The normalized spacial score (nSPS) is 15.3.